The van der Waals surface area contributed by atoms with E-state index in [2.05, 4.69) is 14.8 Å². The number of carbonyl (C=O) groups excluding carboxylic acids is 3. The van der Waals surface area contributed by atoms with Crippen molar-refractivity contribution < 1.29 is 23.9 Å². The van der Waals surface area contributed by atoms with E-state index in [-0.39, 0.29) is 18.9 Å². The fourth-order valence-corrected chi connectivity index (χ4v) is 0.835. The molecule has 0 radical (unpaired) electrons. The number of rotatable bonds is 6. The van der Waals surface area contributed by atoms with Crippen LogP contribution in [0.1, 0.15) is 13.3 Å². The largest absolute Gasteiger partial charge is 0.466 e. The second-order valence-corrected chi connectivity index (χ2v) is 2.77. The molecule has 0 aliphatic heterocycles. The molecule has 0 atom stereocenters. The summed E-state index contributed by atoms with van der Waals surface area (Å²) in [6, 6.07) is 0. The molecule has 0 heterocycles. The smallest absolute Gasteiger partial charge is 0.413 e. The lowest BCUT2D eigenvalue weighted by atomic mass is 10.4. The lowest BCUT2D eigenvalue weighted by molar-refractivity contribution is -0.143. The monoisotopic (exact) mass is 232 g/mol. The van der Waals surface area contributed by atoms with Gasteiger partial charge in [0.15, 0.2) is 0 Å². The predicted octanol–water partition coefficient (Wildman–Crippen LogP) is -0.588. The number of esters is 1. The Morgan fingerprint density at radius 1 is 1.25 bits per heavy atom. The van der Waals surface area contributed by atoms with Gasteiger partial charge in [-0.3, -0.25) is 14.9 Å². The zero-order valence-corrected chi connectivity index (χ0v) is 9.37. The molecule has 0 aromatic carbocycles. The normalized spacial score (nSPS) is 9.38. The van der Waals surface area contributed by atoms with E-state index in [4.69, 9.17) is 0 Å². The molecule has 7 heteroatoms. The summed E-state index contributed by atoms with van der Waals surface area (Å²) in [7, 11) is 1.16. The molecule has 0 rings (SSSR count). The third kappa shape index (κ3) is 7.74. The van der Waals surface area contributed by atoms with Crippen LogP contribution >= 0.6 is 0 Å². The highest BCUT2D eigenvalue weighted by atomic mass is 16.5. The quantitative estimate of drug-likeness (QED) is 0.469. The minimum atomic E-state index is -0.808. The highest BCUT2D eigenvalue weighted by molar-refractivity contribution is 5.92. The first kappa shape index (κ1) is 14.4. The number of hydrogen-bond acceptors (Lipinski definition) is 6. The molecule has 2 N–H and O–H groups in total. The average molecular weight is 232 g/mol. The van der Waals surface area contributed by atoms with Gasteiger partial charge < -0.3 is 14.8 Å². The summed E-state index contributed by atoms with van der Waals surface area (Å²) in [6.07, 6.45) is -0.628. The minimum absolute atomic E-state index is 0.0610. The summed E-state index contributed by atoms with van der Waals surface area (Å²) in [5.74, 6) is -0.848. The SMILES string of the molecule is CCOC(=O)CCNCC(=O)NC(=O)OC. The standard InChI is InChI=1S/C9H16N2O5/c1-3-16-8(13)4-5-10-6-7(12)11-9(14)15-2/h10H,3-6H2,1-2H3,(H,11,12,14). The van der Waals surface area contributed by atoms with E-state index in [1.54, 1.807) is 6.92 Å². The van der Waals surface area contributed by atoms with Crippen molar-refractivity contribution in [3.05, 3.63) is 0 Å². The Morgan fingerprint density at radius 3 is 2.50 bits per heavy atom. The van der Waals surface area contributed by atoms with Crippen molar-refractivity contribution in [1.29, 1.82) is 0 Å². The number of imide groups is 1. The second-order valence-electron chi connectivity index (χ2n) is 2.77. The van der Waals surface area contributed by atoms with Gasteiger partial charge in [0, 0.05) is 6.54 Å². The molecular weight excluding hydrogens is 216 g/mol. The van der Waals surface area contributed by atoms with E-state index >= 15 is 0 Å². The van der Waals surface area contributed by atoms with E-state index in [0.29, 0.717) is 13.2 Å². The number of alkyl carbamates (subject to hydrolysis) is 1. The summed E-state index contributed by atoms with van der Waals surface area (Å²) in [5, 5.41) is 4.65. The molecule has 0 aliphatic carbocycles. The summed E-state index contributed by atoms with van der Waals surface area (Å²) >= 11 is 0. The molecule has 2 amide bonds. The van der Waals surface area contributed by atoms with Gasteiger partial charge >= 0.3 is 12.1 Å². The van der Waals surface area contributed by atoms with Crippen molar-refractivity contribution in [1.82, 2.24) is 10.6 Å². The Morgan fingerprint density at radius 2 is 1.94 bits per heavy atom. The van der Waals surface area contributed by atoms with Crippen molar-refractivity contribution >= 4 is 18.0 Å². The average Bonchev–Trinajstić information content (AvgIpc) is 2.24. The summed E-state index contributed by atoms with van der Waals surface area (Å²) < 4.78 is 8.90. The number of carbonyl (C=O) groups is 3. The maximum absolute atomic E-state index is 11.0. The number of amides is 2. The fraction of sp³-hybridized carbons (Fsp3) is 0.667. The number of ether oxygens (including phenoxy) is 2. The molecule has 0 aliphatic rings. The first-order valence-electron chi connectivity index (χ1n) is 4.84. The van der Waals surface area contributed by atoms with Crippen LogP contribution in [-0.4, -0.2) is 44.8 Å². The van der Waals surface area contributed by atoms with Gasteiger partial charge in [-0.05, 0) is 6.92 Å². The Balaban J connectivity index is 3.48. The molecule has 16 heavy (non-hydrogen) atoms. The minimum Gasteiger partial charge on any atom is -0.466 e. The highest BCUT2D eigenvalue weighted by Gasteiger charge is 2.07. The zero-order valence-electron chi connectivity index (χ0n) is 9.37. The van der Waals surface area contributed by atoms with Crippen LogP contribution in [0.15, 0.2) is 0 Å². The van der Waals surface area contributed by atoms with Crippen LogP contribution in [0.25, 0.3) is 0 Å². The lowest BCUT2D eigenvalue weighted by Crippen LogP contribution is -2.38. The molecule has 0 unspecified atom stereocenters. The topological polar surface area (TPSA) is 93.7 Å². The highest BCUT2D eigenvalue weighted by Crippen LogP contribution is 1.83. The van der Waals surface area contributed by atoms with E-state index < -0.39 is 12.0 Å². The van der Waals surface area contributed by atoms with Crippen molar-refractivity contribution in [2.45, 2.75) is 13.3 Å². The van der Waals surface area contributed by atoms with Crippen LogP contribution < -0.4 is 10.6 Å². The van der Waals surface area contributed by atoms with Gasteiger partial charge in [-0.1, -0.05) is 0 Å². The second kappa shape index (κ2) is 8.66. The van der Waals surface area contributed by atoms with Gasteiger partial charge in [0.1, 0.15) is 0 Å². The van der Waals surface area contributed by atoms with Gasteiger partial charge in [0.25, 0.3) is 0 Å². The lowest BCUT2D eigenvalue weighted by Gasteiger charge is -2.04. The van der Waals surface area contributed by atoms with Crippen molar-refractivity contribution in [3.8, 4) is 0 Å². The van der Waals surface area contributed by atoms with Crippen molar-refractivity contribution in [3.63, 3.8) is 0 Å². The van der Waals surface area contributed by atoms with Gasteiger partial charge in [0.2, 0.25) is 5.91 Å². The molecule has 0 saturated carbocycles. The molecule has 0 saturated heterocycles. The van der Waals surface area contributed by atoms with Gasteiger partial charge in [-0.25, -0.2) is 4.79 Å². The number of nitrogens with one attached hydrogen (secondary N) is 2. The van der Waals surface area contributed by atoms with Crippen LogP contribution in [0.4, 0.5) is 4.79 Å². The molecule has 0 aromatic heterocycles. The summed E-state index contributed by atoms with van der Waals surface area (Å²) in [6.45, 7) is 2.30. The number of methoxy groups -OCH3 is 1. The zero-order chi connectivity index (χ0) is 12.4. The summed E-state index contributed by atoms with van der Waals surface area (Å²) in [5.41, 5.74) is 0. The molecule has 92 valence electrons. The molecule has 0 spiro atoms. The van der Waals surface area contributed by atoms with Gasteiger partial charge in [-0.2, -0.15) is 0 Å². The van der Waals surface area contributed by atoms with E-state index in [9.17, 15) is 14.4 Å². The first-order chi connectivity index (χ1) is 7.60. The van der Waals surface area contributed by atoms with E-state index in [1.165, 1.54) is 0 Å². The van der Waals surface area contributed by atoms with Gasteiger partial charge in [0.05, 0.1) is 26.7 Å². The molecule has 0 bridgehead atoms. The molecule has 7 nitrogen and oxygen atoms in total. The van der Waals surface area contributed by atoms with Crippen molar-refractivity contribution in [2.24, 2.45) is 0 Å². The van der Waals surface area contributed by atoms with E-state index in [0.717, 1.165) is 7.11 Å². The van der Waals surface area contributed by atoms with Crippen molar-refractivity contribution in [2.75, 3.05) is 26.8 Å². The van der Waals surface area contributed by atoms with Crippen LogP contribution in [0, 0.1) is 0 Å². The molecule has 0 aromatic rings. The van der Waals surface area contributed by atoms with Crippen LogP contribution in [0.2, 0.25) is 0 Å². The number of hydrogen-bond donors (Lipinski definition) is 2. The molecule has 0 fully saturated rings. The van der Waals surface area contributed by atoms with Crippen LogP contribution in [0.5, 0.6) is 0 Å². The third-order valence-corrected chi connectivity index (χ3v) is 1.52. The fourth-order valence-electron chi connectivity index (χ4n) is 0.835. The molecular formula is C9H16N2O5. The Labute approximate surface area is 93.5 Å². The third-order valence-electron chi connectivity index (χ3n) is 1.52. The maximum Gasteiger partial charge on any atom is 0.413 e. The Bertz CT molecular complexity index is 254. The van der Waals surface area contributed by atoms with Crippen LogP contribution in [-0.2, 0) is 19.1 Å². The Kier molecular flexibility index (Phi) is 7.78. The first-order valence-corrected chi connectivity index (χ1v) is 4.84. The van der Waals surface area contributed by atoms with E-state index in [1.807, 2.05) is 5.32 Å². The van der Waals surface area contributed by atoms with Gasteiger partial charge in [-0.15, -0.1) is 0 Å². The maximum atomic E-state index is 11.0. The Hall–Kier alpha value is -1.63. The predicted molar refractivity (Wildman–Crippen MR) is 54.7 cm³/mol. The summed E-state index contributed by atoms with van der Waals surface area (Å²) in [4.78, 5) is 32.5. The van der Waals surface area contributed by atoms with Crippen LogP contribution in [0.3, 0.4) is 0 Å².